The molecule has 26 heavy (non-hydrogen) atoms. The lowest BCUT2D eigenvalue weighted by Gasteiger charge is -2.23. The molecule has 0 aliphatic heterocycles. The number of rotatable bonds is 8. The Labute approximate surface area is 153 Å². The topological polar surface area (TPSA) is 175 Å². The van der Waals surface area contributed by atoms with Crippen LogP contribution in [-0.2, 0) is 0 Å². The van der Waals surface area contributed by atoms with E-state index in [0.29, 0.717) is 29.3 Å². The fourth-order valence-electron chi connectivity index (χ4n) is 2.46. The molecule has 8 heteroatoms. The quantitative estimate of drug-likeness (QED) is 0.236. The largest absolute Gasteiger partial charge is 0.453 e. The number of ether oxygens (including phenoxy) is 2. The Morgan fingerprint density at radius 3 is 1.58 bits per heavy atom. The molecule has 2 aromatic rings. The van der Waals surface area contributed by atoms with E-state index < -0.39 is 6.29 Å². The maximum atomic E-state index is 6.01. The zero-order valence-corrected chi connectivity index (χ0v) is 15.0. The van der Waals surface area contributed by atoms with Gasteiger partial charge in [-0.3, -0.25) is 0 Å². The van der Waals surface area contributed by atoms with Gasteiger partial charge in [-0.1, -0.05) is 19.8 Å². The van der Waals surface area contributed by atoms with Crippen LogP contribution < -0.4 is 43.9 Å². The highest BCUT2D eigenvalue weighted by atomic mass is 16.7. The third-order valence-electron chi connectivity index (χ3n) is 4.12. The van der Waals surface area contributed by atoms with Crippen molar-refractivity contribution in [2.45, 2.75) is 38.9 Å². The van der Waals surface area contributed by atoms with Gasteiger partial charge >= 0.3 is 0 Å². The fourth-order valence-corrected chi connectivity index (χ4v) is 2.46. The highest BCUT2D eigenvalue weighted by molar-refractivity contribution is 5.82. The Balaban J connectivity index is 2.24. The number of anilines is 6. The molecule has 0 aliphatic carbocycles. The Morgan fingerprint density at radius 1 is 0.692 bits per heavy atom. The van der Waals surface area contributed by atoms with E-state index in [2.05, 4.69) is 6.92 Å². The van der Waals surface area contributed by atoms with E-state index in [1.807, 2.05) is 0 Å². The minimum absolute atomic E-state index is 0.277. The molecule has 0 bridgehead atoms. The second-order valence-corrected chi connectivity index (χ2v) is 6.12. The second kappa shape index (κ2) is 8.28. The zero-order chi connectivity index (χ0) is 19.3. The van der Waals surface area contributed by atoms with Gasteiger partial charge in [0.1, 0.15) is 11.5 Å². The third kappa shape index (κ3) is 4.27. The summed E-state index contributed by atoms with van der Waals surface area (Å²) in [6.45, 7) is 2.12. The number of benzene rings is 2. The van der Waals surface area contributed by atoms with Gasteiger partial charge in [0.05, 0.1) is 34.1 Å². The van der Waals surface area contributed by atoms with Gasteiger partial charge in [-0.25, -0.2) is 0 Å². The molecular formula is C18H28N6O2. The van der Waals surface area contributed by atoms with Crippen molar-refractivity contribution in [2.24, 2.45) is 0 Å². The molecule has 0 atom stereocenters. The van der Waals surface area contributed by atoms with Crippen molar-refractivity contribution in [3.05, 3.63) is 24.3 Å². The minimum Gasteiger partial charge on any atom is -0.453 e. The van der Waals surface area contributed by atoms with Crippen LogP contribution in [0.3, 0.4) is 0 Å². The van der Waals surface area contributed by atoms with Crippen molar-refractivity contribution >= 4 is 34.1 Å². The summed E-state index contributed by atoms with van der Waals surface area (Å²) in [6, 6.07) is 6.61. The van der Waals surface area contributed by atoms with Crippen LogP contribution in [0, 0.1) is 0 Å². The van der Waals surface area contributed by atoms with E-state index >= 15 is 0 Å². The molecule has 2 rings (SSSR count). The standard InChI is InChI=1S/C18H28N6O2/c1-2-3-4-5-14(25-12-8-6-10(19)15(21)17(12)23)26-13-9-7-11(20)16(22)18(13)24/h6-9,14H,2-5,19-24H2,1H3. The van der Waals surface area contributed by atoms with E-state index in [1.165, 1.54) is 0 Å². The smallest absolute Gasteiger partial charge is 0.241 e. The first-order valence-electron chi connectivity index (χ1n) is 8.55. The maximum absolute atomic E-state index is 6.01. The monoisotopic (exact) mass is 360 g/mol. The molecule has 0 saturated carbocycles. The van der Waals surface area contributed by atoms with Crippen LogP contribution in [0.15, 0.2) is 24.3 Å². The average Bonchev–Trinajstić information content (AvgIpc) is 2.62. The summed E-state index contributed by atoms with van der Waals surface area (Å²) in [5, 5.41) is 0. The molecule has 0 saturated heterocycles. The van der Waals surface area contributed by atoms with E-state index in [4.69, 9.17) is 43.9 Å². The number of nitrogen functional groups attached to an aromatic ring is 6. The number of nitrogens with two attached hydrogens (primary N) is 6. The van der Waals surface area contributed by atoms with Crippen molar-refractivity contribution in [2.75, 3.05) is 34.4 Å². The van der Waals surface area contributed by atoms with Gasteiger partial charge in [0.25, 0.3) is 0 Å². The van der Waals surface area contributed by atoms with Gasteiger partial charge in [0.2, 0.25) is 6.29 Å². The Hall–Kier alpha value is -3.16. The maximum Gasteiger partial charge on any atom is 0.241 e. The summed E-state index contributed by atoms with van der Waals surface area (Å²) in [7, 11) is 0. The van der Waals surface area contributed by atoms with Crippen LogP contribution in [0.25, 0.3) is 0 Å². The third-order valence-corrected chi connectivity index (χ3v) is 4.12. The first kappa shape index (κ1) is 19.2. The van der Waals surface area contributed by atoms with Crippen LogP contribution >= 0.6 is 0 Å². The van der Waals surface area contributed by atoms with Gasteiger partial charge in [0.15, 0.2) is 0 Å². The molecule has 0 aliphatic rings. The van der Waals surface area contributed by atoms with Gasteiger partial charge in [0, 0.05) is 6.42 Å². The van der Waals surface area contributed by atoms with E-state index in [0.717, 1.165) is 19.3 Å². The van der Waals surface area contributed by atoms with Crippen LogP contribution in [0.1, 0.15) is 32.6 Å². The SMILES string of the molecule is CCCCCC(Oc1ccc(N)c(N)c1N)Oc1ccc(N)c(N)c1N. The highest BCUT2D eigenvalue weighted by Gasteiger charge is 2.18. The summed E-state index contributed by atoms with van der Waals surface area (Å²) in [4.78, 5) is 0. The van der Waals surface area contributed by atoms with Crippen LogP contribution in [0.5, 0.6) is 11.5 Å². The highest BCUT2D eigenvalue weighted by Crippen LogP contribution is 2.36. The van der Waals surface area contributed by atoms with Crippen LogP contribution in [0.4, 0.5) is 34.1 Å². The van der Waals surface area contributed by atoms with Crippen LogP contribution in [-0.4, -0.2) is 6.29 Å². The summed E-state index contributed by atoms with van der Waals surface area (Å²) in [6.07, 6.45) is 3.05. The average molecular weight is 360 g/mol. The number of hydrogen-bond donors (Lipinski definition) is 6. The fraction of sp³-hybridized carbons (Fsp3) is 0.333. The van der Waals surface area contributed by atoms with Crippen molar-refractivity contribution in [1.29, 1.82) is 0 Å². The summed E-state index contributed by atoms with van der Waals surface area (Å²) >= 11 is 0. The molecule has 0 radical (unpaired) electrons. The van der Waals surface area contributed by atoms with Gasteiger partial charge in [-0.05, 0) is 30.7 Å². The van der Waals surface area contributed by atoms with Crippen molar-refractivity contribution in [3.8, 4) is 11.5 Å². The zero-order valence-electron chi connectivity index (χ0n) is 15.0. The lowest BCUT2D eigenvalue weighted by Crippen LogP contribution is -2.25. The predicted octanol–water partition coefficient (Wildman–Crippen LogP) is 2.54. The van der Waals surface area contributed by atoms with Crippen molar-refractivity contribution < 1.29 is 9.47 Å². The molecule has 0 spiro atoms. The second-order valence-electron chi connectivity index (χ2n) is 6.12. The molecule has 142 valence electrons. The van der Waals surface area contributed by atoms with Crippen molar-refractivity contribution in [3.63, 3.8) is 0 Å². The van der Waals surface area contributed by atoms with Crippen LogP contribution in [0.2, 0.25) is 0 Å². The van der Waals surface area contributed by atoms with Gasteiger partial charge in [-0.2, -0.15) is 0 Å². The Morgan fingerprint density at radius 2 is 1.15 bits per heavy atom. The first-order chi connectivity index (χ1) is 12.3. The molecular weight excluding hydrogens is 332 g/mol. The molecule has 0 amide bonds. The Bertz CT molecular complexity index is 706. The first-order valence-corrected chi connectivity index (χ1v) is 8.55. The molecule has 2 aromatic carbocycles. The number of hydrogen-bond acceptors (Lipinski definition) is 8. The summed E-state index contributed by atoms with van der Waals surface area (Å²) in [5.41, 5.74) is 37.2. The minimum atomic E-state index is -0.614. The van der Waals surface area contributed by atoms with Crippen molar-refractivity contribution in [1.82, 2.24) is 0 Å². The molecule has 8 nitrogen and oxygen atoms in total. The lowest BCUT2D eigenvalue weighted by atomic mass is 10.2. The van der Waals surface area contributed by atoms with E-state index in [9.17, 15) is 0 Å². The lowest BCUT2D eigenvalue weighted by molar-refractivity contribution is -0.00116. The molecule has 0 fully saturated rings. The normalized spacial score (nSPS) is 10.8. The molecule has 0 unspecified atom stereocenters. The van der Waals surface area contributed by atoms with E-state index in [1.54, 1.807) is 24.3 Å². The van der Waals surface area contributed by atoms with E-state index in [-0.39, 0.29) is 22.7 Å². The Kier molecular flexibility index (Phi) is 6.11. The summed E-state index contributed by atoms with van der Waals surface area (Å²) in [5.74, 6) is 0.806. The predicted molar refractivity (Wildman–Crippen MR) is 109 cm³/mol. The number of unbranched alkanes of at least 4 members (excludes halogenated alkanes) is 2. The van der Waals surface area contributed by atoms with Gasteiger partial charge < -0.3 is 43.9 Å². The summed E-state index contributed by atoms with van der Waals surface area (Å²) < 4.78 is 11.9. The molecule has 12 N–H and O–H groups in total. The van der Waals surface area contributed by atoms with Gasteiger partial charge in [-0.15, -0.1) is 0 Å². The molecule has 0 aromatic heterocycles. The molecule has 0 heterocycles.